The quantitative estimate of drug-likeness (QED) is 0.428. The molecule has 4 nitrogen and oxygen atoms in total. The van der Waals surface area contributed by atoms with Crippen LogP contribution in [0.2, 0.25) is 0 Å². The lowest BCUT2D eigenvalue weighted by molar-refractivity contribution is -0.384. The standard InChI is InChI=1S/C17H21N2O2PS/c1-3-18(4-2)22(23,17-8-6-5-7-9-17)14-15-10-12-16(13-11-15)19(20)21/h5-13H,3-4,14H2,1-2H3. The van der Waals surface area contributed by atoms with Gasteiger partial charge in [0.2, 0.25) is 0 Å². The van der Waals surface area contributed by atoms with Crippen LogP contribution >= 0.6 is 6.19 Å². The third kappa shape index (κ3) is 4.05. The van der Waals surface area contributed by atoms with Crippen LogP contribution in [-0.4, -0.2) is 22.7 Å². The molecule has 2 aromatic rings. The summed E-state index contributed by atoms with van der Waals surface area (Å²) in [5, 5.41) is 12.0. The van der Waals surface area contributed by atoms with Crippen molar-refractivity contribution in [3.05, 3.63) is 70.3 Å². The van der Waals surface area contributed by atoms with Crippen LogP contribution in [0, 0.1) is 10.1 Å². The van der Waals surface area contributed by atoms with Crippen LogP contribution in [0.1, 0.15) is 19.4 Å². The summed E-state index contributed by atoms with van der Waals surface area (Å²) in [6.45, 7) is 6.05. The fraction of sp³-hybridized carbons (Fsp3) is 0.294. The Morgan fingerprint density at radius 3 is 2.09 bits per heavy atom. The van der Waals surface area contributed by atoms with Crippen molar-refractivity contribution in [3.63, 3.8) is 0 Å². The van der Waals surface area contributed by atoms with E-state index < -0.39 is 6.19 Å². The number of hydrogen-bond donors (Lipinski definition) is 0. The first-order valence-corrected chi connectivity index (χ1v) is 10.6. The van der Waals surface area contributed by atoms with Gasteiger partial charge in [-0.15, -0.1) is 0 Å². The lowest BCUT2D eigenvalue weighted by Gasteiger charge is -2.34. The van der Waals surface area contributed by atoms with E-state index in [9.17, 15) is 10.1 Å². The van der Waals surface area contributed by atoms with E-state index >= 15 is 0 Å². The van der Waals surface area contributed by atoms with Gasteiger partial charge in [-0.1, -0.05) is 68.1 Å². The van der Waals surface area contributed by atoms with Crippen LogP contribution in [0.3, 0.4) is 0 Å². The minimum atomic E-state index is -1.95. The number of rotatable bonds is 7. The normalized spacial score (nSPS) is 13.7. The van der Waals surface area contributed by atoms with Crippen LogP contribution in [0.5, 0.6) is 0 Å². The van der Waals surface area contributed by atoms with E-state index in [0.717, 1.165) is 24.8 Å². The Labute approximate surface area is 142 Å². The summed E-state index contributed by atoms with van der Waals surface area (Å²) >= 11 is 6.16. The topological polar surface area (TPSA) is 46.4 Å². The van der Waals surface area contributed by atoms with Crippen LogP contribution in [-0.2, 0) is 18.0 Å². The van der Waals surface area contributed by atoms with E-state index in [2.05, 4.69) is 30.7 Å². The highest BCUT2D eigenvalue weighted by molar-refractivity contribution is 8.16. The van der Waals surface area contributed by atoms with Gasteiger partial charge in [0.25, 0.3) is 5.69 Å². The Kier molecular flexibility index (Phi) is 6.05. The van der Waals surface area contributed by atoms with E-state index in [1.165, 1.54) is 5.30 Å². The zero-order valence-corrected chi connectivity index (χ0v) is 15.1. The molecule has 0 aliphatic carbocycles. The molecule has 1 atom stereocenters. The molecule has 0 heterocycles. The molecule has 0 fully saturated rings. The summed E-state index contributed by atoms with van der Waals surface area (Å²) in [7, 11) is 0. The first-order valence-electron chi connectivity index (χ1n) is 7.64. The Bertz CT molecular complexity index is 700. The molecule has 23 heavy (non-hydrogen) atoms. The third-order valence-electron chi connectivity index (χ3n) is 3.89. The molecule has 0 aliphatic heterocycles. The molecular formula is C17H21N2O2PS. The SMILES string of the molecule is CCN(CC)P(=S)(Cc1ccc([N+](=O)[O-])cc1)c1ccccc1. The Balaban J connectivity index is 2.39. The van der Waals surface area contributed by atoms with Crippen LogP contribution < -0.4 is 5.30 Å². The summed E-state index contributed by atoms with van der Waals surface area (Å²) in [5.41, 5.74) is 1.17. The van der Waals surface area contributed by atoms with Crippen molar-refractivity contribution >= 4 is 29.0 Å². The van der Waals surface area contributed by atoms with Crippen molar-refractivity contribution in [1.29, 1.82) is 0 Å². The van der Waals surface area contributed by atoms with Gasteiger partial charge in [0, 0.05) is 37.6 Å². The molecular weight excluding hydrogens is 327 g/mol. The van der Waals surface area contributed by atoms with E-state index in [0.29, 0.717) is 0 Å². The second-order valence-electron chi connectivity index (χ2n) is 5.26. The Morgan fingerprint density at radius 2 is 1.61 bits per heavy atom. The highest BCUT2D eigenvalue weighted by Crippen LogP contribution is 2.51. The largest absolute Gasteiger partial charge is 0.272 e. The van der Waals surface area contributed by atoms with Crippen molar-refractivity contribution in [1.82, 2.24) is 4.67 Å². The Morgan fingerprint density at radius 1 is 1.04 bits per heavy atom. The minimum absolute atomic E-state index is 0.115. The van der Waals surface area contributed by atoms with E-state index in [4.69, 9.17) is 11.8 Å². The van der Waals surface area contributed by atoms with Crippen molar-refractivity contribution in [2.24, 2.45) is 0 Å². The fourth-order valence-electron chi connectivity index (χ4n) is 2.67. The maximum absolute atomic E-state index is 10.8. The van der Waals surface area contributed by atoms with Crippen LogP contribution in [0.25, 0.3) is 0 Å². The van der Waals surface area contributed by atoms with Gasteiger partial charge in [0.1, 0.15) is 0 Å². The van der Waals surface area contributed by atoms with Crippen LogP contribution in [0.15, 0.2) is 54.6 Å². The molecule has 0 amide bonds. The number of nitro groups is 1. The van der Waals surface area contributed by atoms with Gasteiger partial charge in [-0.05, 0) is 10.9 Å². The molecule has 1 unspecified atom stereocenters. The molecule has 2 aromatic carbocycles. The van der Waals surface area contributed by atoms with Gasteiger partial charge in [0.05, 0.1) is 4.92 Å². The lowest BCUT2D eigenvalue weighted by atomic mass is 10.2. The van der Waals surface area contributed by atoms with Crippen molar-refractivity contribution in [2.75, 3.05) is 13.1 Å². The molecule has 122 valence electrons. The second-order valence-corrected chi connectivity index (χ2v) is 9.87. The predicted octanol–water partition coefficient (Wildman–Crippen LogP) is 4.16. The number of nitrogens with zero attached hydrogens (tertiary/aromatic N) is 2. The first-order chi connectivity index (χ1) is 11.0. The highest BCUT2D eigenvalue weighted by Gasteiger charge is 2.26. The molecule has 0 saturated carbocycles. The fourth-order valence-corrected chi connectivity index (χ4v) is 7.14. The minimum Gasteiger partial charge on any atom is -0.272 e. The Hall–Kier alpha value is -1.55. The summed E-state index contributed by atoms with van der Waals surface area (Å²) < 4.78 is 2.36. The van der Waals surface area contributed by atoms with Gasteiger partial charge in [-0.2, -0.15) is 0 Å². The van der Waals surface area contributed by atoms with Gasteiger partial charge in [-0.25, -0.2) is 0 Å². The summed E-state index contributed by atoms with van der Waals surface area (Å²) in [4.78, 5) is 10.4. The third-order valence-corrected chi connectivity index (χ3v) is 8.98. The number of benzene rings is 2. The smallest absolute Gasteiger partial charge is 0.269 e. The van der Waals surface area contributed by atoms with E-state index in [1.807, 2.05) is 30.3 Å². The number of nitro benzene ring substituents is 1. The second kappa shape index (κ2) is 7.82. The van der Waals surface area contributed by atoms with Crippen molar-refractivity contribution < 1.29 is 4.92 Å². The van der Waals surface area contributed by atoms with Crippen LogP contribution in [0.4, 0.5) is 5.69 Å². The molecule has 0 N–H and O–H groups in total. The first kappa shape index (κ1) is 17.8. The average Bonchev–Trinajstić information content (AvgIpc) is 2.57. The van der Waals surface area contributed by atoms with Gasteiger partial charge < -0.3 is 0 Å². The van der Waals surface area contributed by atoms with Gasteiger partial charge in [-0.3, -0.25) is 14.8 Å². The van der Waals surface area contributed by atoms with Crippen molar-refractivity contribution in [2.45, 2.75) is 20.0 Å². The van der Waals surface area contributed by atoms with Gasteiger partial charge in [0.15, 0.2) is 0 Å². The summed E-state index contributed by atoms with van der Waals surface area (Å²) in [6.07, 6.45) is -1.20. The van der Waals surface area contributed by atoms with Crippen molar-refractivity contribution in [3.8, 4) is 0 Å². The molecule has 0 saturated heterocycles. The lowest BCUT2D eigenvalue weighted by Crippen LogP contribution is -2.26. The summed E-state index contributed by atoms with van der Waals surface area (Å²) in [5.74, 6) is 0. The highest BCUT2D eigenvalue weighted by atomic mass is 32.4. The molecule has 0 bridgehead atoms. The maximum Gasteiger partial charge on any atom is 0.269 e. The molecule has 6 heteroatoms. The molecule has 0 radical (unpaired) electrons. The molecule has 0 spiro atoms. The molecule has 0 aliphatic rings. The molecule has 2 rings (SSSR count). The number of hydrogen-bond acceptors (Lipinski definition) is 3. The van der Waals surface area contributed by atoms with Gasteiger partial charge >= 0.3 is 0 Å². The van der Waals surface area contributed by atoms with E-state index in [-0.39, 0.29) is 10.6 Å². The monoisotopic (exact) mass is 348 g/mol. The summed E-state index contributed by atoms with van der Waals surface area (Å²) in [6, 6.07) is 17.0. The maximum atomic E-state index is 10.8. The van der Waals surface area contributed by atoms with E-state index in [1.54, 1.807) is 12.1 Å². The molecule has 0 aromatic heterocycles. The zero-order valence-electron chi connectivity index (χ0n) is 13.4. The number of non-ortho nitro benzene ring substituents is 1. The predicted molar refractivity (Wildman–Crippen MR) is 100 cm³/mol. The average molecular weight is 348 g/mol. The zero-order chi connectivity index (χ0) is 16.9.